The Morgan fingerprint density at radius 1 is 0.614 bits per heavy atom. The second kappa shape index (κ2) is 7.57. The normalized spacial score (nSPS) is 30.1. The van der Waals surface area contributed by atoms with E-state index >= 15 is 0 Å². The molecular weight excluding hydrogens is 530 g/mol. The van der Waals surface area contributed by atoms with Gasteiger partial charge in [0.2, 0.25) is 0 Å². The van der Waals surface area contributed by atoms with Crippen LogP contribution in [-0.2, 0) is 10.8 Å². The van der Waals surface area contributed by atoms with Crippen LogP contribution < -0.4 is 0 Å². The van der Waals surface area contributed by atoms with E-state index < -0.39 is 0 Å². The van der Waals surface area contributed by atoms with Crippen LogP contribution >= 0.6 is 0 Å². The van der Waals surface area contributed by atoms with Gasteiger partial charge in [-0.1, -0.05) is 99.6 Å². The molecule has 0 aliphatic heterocycles. The molecule has 5 aliphatic carbocycles. The molecule has 4 atom stereocenters. The van der Waals surface area contributed by atoms with Crippen molar-refractivity contribution in [1.29, 1.82) is 0 Å². The van der Waals surface area contributed by atoms with E-state index in [9.17, 15) is 0 Å². The zero-order valence-electron chi connectivity index (χ0n) is 25.8. The third-order valence-corrected chi connectivity index (χ3v) is 13.5. The third-order valence-electron chi connectivity index (χ3n) is 13.5. The quantitative estimate of drug-likeness (QED) is 0.196. The van der Waals surface area contributed by atoms with Crippen LogP contribution in [0.4, 0.5) is 0 Å². The van der Waals surface area contributed by atoms with Crippen LogP contribution in [-0.4, -0.2) is 4.57 Å². The molecule has 1 nitrogen and oxygen atoms in total. The van der Waals surface area contributed by atoms with Gasteiger partial charge in [0.1, 0.15) is 0 Å². The summed E-state index contributed by atoms with van der Waals surface area (Å²) in [5, 5.41) is 2.70. The zero-order valence-corrected chi connectivity index (χ0v) is 25.8. The summed E-state index contributed by atoms with van der Waals surface area (Å²) in [6.45, 7) is 6.86. The minimum absolute atomic E-state index is 0.136. The van der Waals surface area contributed by atoms with Gasteiger partial charge in [0, 0.05) is 21.9 Å². The van der Waals surface area contributed by atoms with Crippen molar-refractivity contribution >= 4 is 21.8 Å². The van der Waals surface area contributed by atoms with Crippen LogP contribution in [0.25, 0.3) is 49.7 Å². The summed E-state index contributed by atoms with van der Waals surface area (Å²) in [4.78, 5) is 0. The van der Waals surface area contributed by atoms with E-state index in [-0.39, 0.29) is 10.8 Å². The lowest BCUT2D eigenvalue weighted by Crippen LogP contribution is -2.88. The molecule has 214 valence electrons. The van der Waals surface area contributed by atoms with E-state index in [1.165, 1.54) is 74.6 Å². The average Bonchev–Trinajstić information content (AvgIpc) is 3.50. The SMILES string of the molecule is CC(C)(C)c1ccc(-n2c3ccccc3c3c(-c4ccc5c(c4)C4(c6ccccc6-5)C5CC6CC7CC4C675)cccc32)cc1. The third kappa shape index (κ3) is 2.46. The van der Waals surface area contributed by atoms with Crippen molar-refractivity contribution in [3.05, 3.63) is 126 Å². The minimum Gasteiger partial charge on any atom is -0.309 e. The number of hydrogen-bond donors (Lipinski definition) is 0. The summed E-state index contributed by atoms with van der Waals surface area (Å²) in [7, 11) is 0. The van der Waals surface area contributed by atoms with Crippen molar-refractivity contribution in [3.63, 3.8) is 0 Å². The first kappa shape index (κ1) is 24.2. The summed E-state index contributed by atoms with van der Waals surface area (Å²) in [5.41, 5.74) is 15.2. The Kier molecular flexibility index (Phi) is 4.17. The molecule has 2 spiro atoms. The monoisotopic (exact) mass is 567 g/mol. The van der Waals surface area contributed by atoms with Crippen LogP contribution in [0.2, 0.25) is 0 Å². The molecule has 5 aromatic carbocycles. The zero-order chi connectivity index (χ0) is 29.2. The molecule has 0 bridgehead atoms. The van der Waals surface area contributed by atoms with Gasteiger partial charge in [-0.15, -0.1) is 0 Å². The topological polar surface area (TPSA) is 4.93 Å². The number of rotatable bonds is 2. The summed E-state index contributed by atoms with van der Waals surface area (Å²) in [6.07, 6.45) is 4.41. The first-order valence-corrected chi connectivity index (χ1v) is 16.8. The van der Waals surface area contributed by atoms with E-state index in [0.717, 1.165) is 23.7 Å². The average molecular weight is 568 g/mol. The summed E-state index contributed by atoms with van der Waals surface area (Å²) in [5.74, 6) is 3.75. The Morgan fingerprint density at radius 2 is 1.30 bits per heavy atom. The lowest BCUT2D eigenvalue weighted by atomic mass is 9.11. The molecule has 4 fully saturated rings. The highest BCUT2D eigenvalue weighted by Crippen LogP contribution is 2.94. The Labute approximate surface area is 259 Å². The maximum atomic E-state index is 2.64. The van der Waals surface area contributed by atoms with E-state index in [1.54, 1.807) is 11.1 Å². The van der Waals surface area contributed by atoms with Gasteiger partial charge in [0.25, 0.3) is 0 Å². The lowest BCUT2D eigenvalue weighted by molar-refractivity contribution is -0.412. The molecule has 6 aromatic rings. The maximum Gasteiger partial charge on any atom is 0.0547 e. The first-order chi connectivity index (χ1) is 21.4. The lowest BCUT2D eigenvalue weighted by Gasteiger charge is -2.92. The van der Waals surface area contributed by atoms with Crippen molar-refractivity contribution in [3.8, 4) is 27.9 Å². The fourth-order valence-corrected chi connectivity index (χ4v) is 11.8. The van der Waals surface area contributed by atoms with Crippen molar-refractivity contribution in [2.45, 2.75) is 50.9 Å². The Hall–Kier alpha value is -4.10. The fraction of sp³-hybridized carbons (Fsp3) is 0.302. The first-order valence-electron chi connectivity index (χ1n) is 16.8. The molecule has 4 unspecified atom stereocenters. The molecule has 0 amide bonds. The van der Waals surface area contributed by atoms with Crippen molar-refractivity contribution in [2.75, 3.05) is 0 Å². The standard InChI is InChI=1S/C43H37N/c1-41(2,3)26-16-18-29(19-17-26)44-36-13-7-5-10-33(36)40-30(11-8-14-37(40)44)25-15-20-32-31-9-4-6-12-34(31)43(35(32)21-25)38-23-27-22-28-24-39(43)42(27,28)38/h4-21,27-28,38-39H,22-24H2,1-3H3. The molecular formula is C43H37N. The molecule has 0 saturated heterocycles. The van der Waals surface area contributed by atoms with Crippen LogP contribution in [0.1, 0.15) is 56.7 Å². The molecule has 4 saturated carbocycles. The number of hydrogen-bond acceptors (Lipinski definition) is 0. The predicted octanol–water partition coefficient (Wildman–Crippen LogP) is 10.7. The highest BCUT2D eigenvalue weighted by Gasteiger charge is 2.90. The smallest absolute Gasteiger partial charge is 0.0547 e. The largest absolute Gasteiger partial charge is 0.309 e. The minimum atomic E-state index is 0.136. The number of fused-ring (bicyclic) bond motifs is 10. The fourth-order valence-electron chi connectivity index (χ4n) is 11.8. The predicted molar refractivity (Wildman–Crippen MR) is 181 cm³/mol. The highest BCUT2D eigenvalue weighted by molar-refractivity contribution is 6.16. The van der Waals surface area contributed by atoms with Crippen LogP contribution in [0.15, 0.2) is 109 Å². The summed E-state index contributed by atoms with van der Waals surface area (Å²) in [6, 6.07) is 42.1. The second-order valence-electron chi connectivity index (χ2n) is 15.7. The van der Waals surface area contributed by atoms with Crippen molar-refractivity contribution in [2.24, 2.45) is 29.1 Å². The van der Waals surface area contributed by atoms with Gasteiger partial charge >= 0.3 is 0 Å². The van der Waals surface area contributed by atoms with Gasteiger partial charge in [0.15, 0.2) is 0 Å². The summed E-state index contributed by atoms with van der Waals surface area (Å²) < 4.78 is 2.47. The molecule has 1 heteroatoms. The molecule has 0 radical (unpaired) electrons. The molecule has 1 aromatic heterocycles. The van der Waals surface area contributed by atoms with Gasteiger partial charge in [-0.25, -0.2) is 0 Å². The van der Waals surface area contributed by atoms with E-state index in [4.69, 9.17) is 0 Å². The van der Waals surface area contributed by atoms with E-state index in [0.29, 0.717) is 5.41 Å². The maximum absolute atomic E-state index is 2.64. The number of benzene rings is 5. The molecule has 11 rings (SSSR count). The molecule has 0 N–H and O–H groups in total. The van der Waals surface area contributed by atoms with Gasteiger partial charge in [-0.2, -0.15) is 0 Å². The van der Waals surface area contributed by atoms with E-state index in [2.05, 4.69) is 135 Å². The van der Waals surface area contributed by atoms with Gasteiger partial charge in [0.05, 0.1) is 11.0 Å². The van der Waals surface area contributed by atoms with E-state index in [1.807, 2.05) is 0 Å². The molecule has 44 heavy (non-hydrogen) atoms. The summed E-state index contributed by atoms with van der Waals surface area (Å²) >= 11 is 0. The van der Waals surface area contributed by atoms with Gasteiger partial charge in [-0.3, -0.25) is 0 Å². The van der Waals surface area contributed by atoms with Crippen molar-refractivity contribution in [1.82, 2.24) is 4.57 Å². The number of aromatic nitrogens is 1. The number of para-hydroxylation sites is 1. The Morgan fingerprint density at radius 3 is 2.07 bits per heavy atom. The Bertz CT molecular complexity index is 2200. The van der Waals surface area contributed by atoms with Gasteiger partial charge in [-0.05, 0) is 123 Å². The highest BCUT2D eigenvalue weighted by atomic mass is 15.0. The Balaban J connectivity index is 1.13. The van der Waals surface area contributed by atoms with Gasteiger partial charge < -0.3 is 4.57 Å². The van der Waals surface area contributed by atoms with Crippen LogP contribution in [0.5, 0.6) is 0 Å². The van der Waals surface area contributed by atoms with Crippen LogP contribution in [0.3, 0.4) is 0 Å². The van der Waals surface area contributed by atoms with Crippen LogP contribution in [0, 0.1) is 29.1 Å². The van der Waals surface area contributed by atoms with Crippen molar-refractivity contribution < 1.29 is 0 Å². The number of nitrogens with zero attached hydrogens (tertiary/aromatic N) is 1. The molecule has 1 heterocycles. The molecule has 5 aliphatic rings. The second-order valence-corrected chi connectivity index (χ2v) is 15.7.